The van der Waals surface area contributed by atoms with Gasteiger partial charge in [0.25, 0.3) is 0 Å². The Morgan fingerprint density at radius 3 is 2.75 bits per heavy atom. The highest BCUT2D eigenvalue weighted by molar-refractivity contribution is 6.32. The Bertz CT molecular complexity index is 660. The molecule has 0 fully saturated rings. The van der Waals surface area contributed by atoms with Crippen LogP contribution < -0.4 is 4.74 Å². The number of benzene rings is 2. The number of aliphatic hydroxyl groups is 1. The minimum Gasteiger partial charge on any atom is -0.506 e. The molecule has 1 aliphatic rings. The quantitative estimate of drug-likeness (QED) is 0.842. The van der Waals surface area contributed by atoms with Crippen molar-refractivity contribution in [3.8, 4) is 11.5 Å². The third kappa shape index (κ3) is 2.32. The first-order valence-corrected chi connectivity index (χ1v) is 6.55. The molecular formula is C15H12ClFO3. The maximum absolute atomic E-state index is 13.3. The van der Waals surface area contributed by atoms with Crippen LogP contribution in [0.5, 0.6) is 11.5 Å². The average molecular weight is 295 g/mol. The van der Waals surface area contributed by atoms with Crippen LogP contribution in [-0.4, -0.2) is 10.2 Å². The van der Waals surface area contributed by atoms with Crippen molar-refractivity contribution in [3.63, 3.8) is 0 Å². The molecule has 2 N–H and O–H groups in total. The summed E-state index contributed by atoms with van der Waals surface area (Å²) in [6, 6.07) is 8.79. The van der Waals surface area contributed by atoms with Crippen LogP contribution in [0, 0.1) is 5.82 Å². The summed E-state index contributed by atoms with van der Waals surface area (Å²) in [5.41, 5.74) is 1.30. The summed E-state index contributed by atoms with van der Waals surface area (Å²) in [6.07, 6.45) is -0.811. The fourth-order valence-electron chi connectivity index (χ4n) is 2.34. The number of aromatic hydroxyl groups is 1. The van der Waals surface area contributed by atoms with E-state index in [-0.39, 0.29) is 10.8 Å². The van der Waals surface area contributed by atoms with Crippen molar-refractivity contribution in [3.05, 3.63) is 58.4 Å². The maximum atomic E-state index is 13.3. The van der Waals surface area contributed by atoms with Gasteiger partial charge in [0.1, 0.15) is 23.4 Å². The van der Waals surface area contributed by atoms with Gasteiger partial charge in [0.2, 0.25) is 0 Å². The highest BCUT2D eigenvalue weighted by Crippen LogP contribution is 2.41. The van der Waals surface area contributed by atoms with Crippen LogP contribution in [0.25, 0.3) is 0 Å². The van der Waals surface area contributed by atoms with E-state index in [9.17, 15) is 14.6 Å². The van der Waals surface area contributed by atoms with Gasteiger partial charge in [0.15, 0.2) is 0 Å². The minimum absolute atomic E-state index is 0.0155. The SMILES string of the molecule is Oc1ccc(C2C[C@@H](O)c3ccc(F)cc3O2)cc1Cl. The molecule has 0 saturated heterocycles. The molecule has 5 heteroatoms. The molecule has 2 atom stereocenters. The fourth-order valence-corrected chi connectivity index (χ4v) is 2.53. The van der Waals surface area contributed by atoms with E-state index < -0.39 is 18.0 Å². The van der Waals surface area contributed by atoms with Gasteiger partial charge < -0.3 is 14.9 Å². The first kappa shape index (κ1) is 13.2. The smallest absolute Gasteiger partial charge is 0.134 e. The summed E-state index contributed by atoms with van der Waals surface area (Å²) in [5, 5.41) is 19.8. The van der Waals surface area contributed by atoms with Crippen LogP contribution in [-0.2, 0) is 0 Å². The molecule has 0 bridgehead atoms. The lowest BCUT2D eigenvalue weighted by Crippen LogP contribution is -2.19. The number of hydrogen-bond donors (Lipinski definition) is 2. The van der Waals surface area contributed by atoms with Gasteiger partial charge in [-0.15, -0.1) is 0 Å². The summed E-state index contributed by atoms with van der Waals surface area (Å²) in [7, 11) is 0. The largest absolute Gasteiger partial charge is 0.506 e. The first-order valence-electron chi connectivity index (χ1n) is 6.17. The second-order valence-electron chi connectivity index (χ2n) is 4.75. The first-order chi connectivity index (χ1) is 9.54. The number of aliphatic hydroxyl groups excluding tert-OH is 1. The molecule has 20 heavy (non-hydrogen) atoms. The van der Waals surface area contributed by atoms with Crippen molar-refractivity contribution < 1.29 is 19.3 Å². The molecule has 0 saturated carbocycles. The molecule has 1 heterocycles. The van der Waals surface area contributed by atoms with Crippen molar-refractivity contribution in [2.75, 3.05) is 0 Å². The maximum Gasteiger partial charge on any atom is 0.134 e. The summed E-state index contributed by atoms with van der Waals surface area (Å²) in [6.45, 7) is 0. The minimum atomic E-state index is -0.725. The second kappa shape index (κ2) is 4.96. The van der Waals surface area contributed by atoms with Crippen molar-refractivity contribution in [2.24, 2.45) is 0 Å². The highest BCUT2D eigenvalue weighted by atomic mass is 35.5. The number of halogens is 2. The molecule has 3 nitrogen and oxygen atoms in total. The molecule has 3 rings (SSSR count). The van der Waals surface area contributed by atoms with Crippen molar-refractivity contribution in [2.45, 2.75) is 18.6 Å². The molecule has 0 aromatic heterocycles. The van der Waals surface area contributed by atoms with Crippen LogP contribution in [0.2, 0.25) is 5.02 Å². The predicted octanol–water partition coefficient (Wildman–Crippen LogP) is 3.74. The zero-order valence-corrected chi connectivity index (χ0v) is 11.1. The normalized spacial score (nSPS) is 21.1. The standard InChI is InChI=1S/C15H12ClFO3/c16-11-5-8(1-4-12(11)18)14-7-13(19)10-3-2-9(17)6-15(10)20-14/h1-6,13-14,18-19H,7H2/t13-,14?/m1/s1. The van der Waals surface area contributed by atoms with E-state index in [0.29, 0.717) is 17.7 Å². The molecule has 2 aromatic rings. The van der Waals surface area contributed by atoms with Gasteiger partial charge in [-0.05, 0) is 29.8 Å². The number of fused-ring (bicyclic) bond motifs is 1. The van der Waals surface area contributed by atoms with Gasteiger partial charge in [-0.3, -0.25) is 0 Å². The molecule has 0 spiro atoms. The van der Waals surface area contributed by atoms with Crippen molar-refractivity contribution in [1.29, 1.82) is 0 Å². The lowest BCUT2D eigenvalue weighted by atomic mass is 9.95. The Morgan fingerprint density at radius 2 is 2.00 bits per heavy atom. The van der Waals surface area contributed by atoms with E-state index in [4.69, 9.17) is 16.3 Å². The van der Waals surface area contributed by atoms with Gasteiger partial charge in [0.05, 0.1) is 11.1 Å². The highest BCUT2D eigenvalue weighted by Gasteiger charge is 2.28. The third-order valence-electron chi connectivity index (χ3n) is 3.38. The van der Waals surface area contributed by atoms with Crippen LogP contribution in [0.15, 0.2) is 36.4 Å². The molecule has 0 amide bonds. The van der Waals surface area contributed by atoms with Gasteiger partial charge in [-0.2, -0.15) is 0 Å². The van der Waals surface area contributed by atoms with Gasteiger partial charge in [-0.25, -0.2) is 4.39 Å². The summed E-state index contributed by atoms with van der Waals surface area (Å²) >= 11 is 5.87. The molecule has 0 radical (unpaired) electrons. The van der Waals surface area contributed by atoms with E-state index in [1.165, 1.54) is 24.3 Å². The topological polar surface area (TPSA) is 49.7 Å². The lowest BCUT2D eigenvalue weighted by Gasteiger charge is -2.30. The number of phenolic OH excluding ortho intramolecular Hbond substituents is 1. The van der Waals surface area contributed by atoms with Crippen LogP contribution in [0.4, 0.5) is 4.39 Å². The van der Waals surface area contributed by atoms with Gasteiger partial charge >= 0.3 is 0 Å². The molecular weight excluding hydrogens is 283 g/mol. The number of ether oxygens (including phenoxy) is 1. The third-order valence-corrected chi connectivity index (χ3v) is 3.69. The zero-order valence-electron chi connectivity index (χ0n) is 10.4. The fraction of sp³-hybridized carbons (Fsp3) is 0.200. The summed E-state index contributed by atoms with van der Waals surface area (Å²) in [5.74, 6) is -0.100. The zero-order chi connectivity index (χ0) is 14.3. The lowest BCUT2D eigenvalue weighted by molar-refractivity contribution is 0.0653. The second-order valence-corrected chi connectivity index (χ2v) is 5.16. The van der Waals surface area contributed by atoms with E-state index in [1.54, 1.807) is 12.1 Å². The Hall–Kier alpha value is -1.78. The van der Waals surface area contributed by atoms with E-state index in [0.717, 1.165) is 5.56 Å². The number of hydrogen-bond acceptors (Lipinski definition) is 3. The molecule has 2 aromatic carbocycles. The molecule has 104 valence electrons. The molecule has 1 unspecified atom stereocenters. The van der Waals surface area contributed by atoms with Gasteiger partial charge in [0, 0.05) is 18.1 Å². The number of rotatable bonds is 1. The Morgan fingerprint density at radius 1 is 1.20 bits per heavy atom. The summed E-state index contributed by atoms with van der Waals surface area (Å²) in [4.78, 5) is 0. The Kier molecular flexibility index (Phi) is 3.28. The molecule has 0 aliphatic carbocycles. The van der Waals surface area contributed by atoms with E-state index in [1.807, 2.05) is 0 Å². The Balaban J connectivity index is 1.96. The predicted molar refractivity (Wildman–Crippen MR) is 72.5 cm³/mol. The Labute approximate surface area is 120 Å². The van der Waals surface area contributed by atoms with E-state index in [2.05, 4.69) is 0 Å². The van der Waals surface area contributed by atoms with Crippen molar-refractivity contribution in [1.82, 2.24) is 0 Å². The van der Waals surface area contributed by atoms with Crippen LogP contribution in [0.1, 0.15) is 29.8 Å². The van der Waals surface area contributed by atoms with Gasteiger partial charge in [-0.1, -0.05) is 17.7 Å². The summed E-state index contributed by atoms with van der Waals surface area (Å²) < 4.78 is 19.0. The van der Waals surface area contributed by atoms with Crippen LogP contribution >= 0.6 is 11.6 Å². The number of phenols is 1. The van der Waals surface area contributed by atoms with Crippen molar-refractivity contribution >= 4 is 11.6 Å². The molecule has 1 aliphatic heterocycles. The average Bonchev–Trinajstić information content (AvgIpc) is 2.41. The van der Waals surface area contributed by atoms with Crippen LogP contribution in [0.3, 0.4) is 0 Å². The van der Waals surface area contributed by atoms with E-state index >= 15 is 0 Å². The monoisotopic (exact) mass is 294 g/mol.